The summed E-state index contributed by atoms with van der Waals surface area (Å²) in [6, 6.07) is 0. The van der Waals surface area contributed by atoms with Crippen molar-refractivity contribution < 1.29 is 14.3 Å². The summed E-state index contributed by atoms with van der Waals surface area (Å²) in [7, 11) is 0. The molecule has 0 aromatic rings. The van der Waals surface area contributed by atoms with Gasteiger partial charge in [0, 0.05) is 12.8 Å². The van der Waals surface area contributed by atoms with Crippen LogP contribution in [-0.4, -0.2) is 18.4 Å². The molecular formula is C8H10O3. The molecule has 0 radical (unpaired) electrons. The van der Waals surface area contributed by atoms with Gasteiger partial charge < -0.3 is 4.74 Å². The van der Waals surface area contributed by atoms with E-state index in [0.29, 0.717) is 25.9 Å². The highest BCUT2D eigenvalue weighted by Crippen LogP contribution is 2.42. The summed E-state index contributed by atoms with van der Waals surface area (Å²) in [6.45, 7) is 0.435. The summed E-state index contributed by atoms with van der Waals surface area (Å²) in [4.78, 5) is 22.5. The van der Waals surface area contributed by atoms with Crippen molar-refractivity contribution in [2.75, 3.05) is 6.61 Å². The van der Waals surface area contributed by atoms with Crippen LogP contribution in [0.25, 0.3) is 0 Å². The topological polar surface area (TPSA) is 43.4 Å². The Balaban J connectivity index is 2.33. The van der Waals surface area contributed by atoms with Gasteiger partial charge in [-0.1, -0.05) is 0 Å². The van der Waals surface area contributed by atoms with E-state index in [4.69, 9.17) is 4.74 Å². The van der Waals surface area contributed by atoms with Gasteiger partial charge in [-0.2, -0.15) is 0 Å². The van der Waals surface area contributed by atoms with Crippen molar-refractivity contribution in [3.63, 3.8) is 0 Å². The maximum absolute atomic E-state index is 11.3. The van der Waals surface area contributed by atoms with E-state index in [9.17, 15) is 9.59 Å². The predicted octanol–water partition coefficient (Wildman–Crippen LogP) is 0.673. The van der Waals surface area contributed by atoms with Gasteiger partial charge in [-0.15, -0.1) is 0 Å². The smallest absolute Gasteiger partial charge is 0.319 e. The van der Waals surface area contributed by atoms with E-state index in [2.05, 4.69) is 0 Å². The van der Waals surface area contributed by atoms with Gasteiger partial charge in [0.05, 0.1) is 6.61 Å². The second kappa shape index (κ2) is 2.06. The van der Waals surface area contributed by atoms with Crippen LogP contribution in [-0.2, 0) is 14.3 Å². The number of hydrogen-bond acceptors (Lipinski definition) is 3. The standard InChI is InChI=1S/C8H10O3/c9-6-2-1-3-8(6)4-5-11-7(8)10/h1-5H2/t8-/m0/s1. The fourth-order valence-corrected chi connectivity index (χ4v) is 1.97. The van der Waals surface area contributed by atoms with Crippen LogP contribution < -0.4 is 0 Å². The lowest BCUT2D eigenvalue weighted by Crippen LogP contribution is -2.30. The zero-order valence-corrected chi connectivity index (χ0v) is 6.26. The summed E-state index contributed by atoms with van der Waals surface area (Å²) in [5.41, 5.74) is -0.694. The van der Waals surface area contributed by atoms with Gasteiger partial charge in [-0.3, -0.25) is 9.59 Å². The zero-order chi connectivity index (χ0) is 7.90. The number of carbonyl (C=O) groups excluding carboxylic acids is 2. The number of Topliss-reactive ketones (excluding diaryl/α,β-unsaturated/α-hetero) is 1. The molecule has 1 heterocycles. The lowest BCUT2D eigenvalue weighted by Gasteiger charge is -2.13. The molecule has 0 aromatic heterocycles. The number of hydrogen-bond donors (Lipinski definition) is 0. The van der Waals surface area contributed by atoms with Gasteiger partial charge in [0.1, 0.15) is 11.2 Å². The highest BCUT2D eigenvalue weighted by Gasteiger charge is 2.52. The summed E-state index contributed by atoms with van der Waals surface area (Å²) in [5, 5.41) is 0. The third kappa shape index (κ3) is 0.737. The van der Waals surface area contributed by atoms with E-state index < -0.39 is 5.41 Å². The van der Waals surface area contributed by atoms with Crippen molar-refractivity contribution in [3.05, 3.63) is 0 Å². The highest BCUT2D eigenvalue weighted by molar-refractivity contribution is 6.06. The van der Waals surface area contributed by atoms with Gasteiger partial charge >= 0.3 is 5.97 Å². The molecular weight excluding hydrogens is 144 g/mol. The largest absolute Gasteiger partial charge is 0.465 e. The molecule has 0 aromatic carbocycles. The zero-order valence-electron chi connectivity index (χ0n) is 6.26. The third-order valence-corrected chi connectivity index (χ3v) is 2.69. The quantitative estimate of drug-likeness (QED) is 0.380. The van der Waals surface area contributed by atoms with E-state index in [0.717, 1.165) is 6.42 Å². The van der Waals surface area contributed by atoms with Crippen LogP contribution in [0.4, 0.5) is 0 Å². The molecule has 1 saturated carbocycles. The van der Waals surface area contributed by atoms with Gasteiger partial charge in [0.15, 0.2) is 0 Å². The molecule has 0 unspecified atom stereocenters. The number of rotatable bonds is 0. The normalized spacial score (nSPS) is 36.7. The summed E-state index contributed by atoms with van der Waals surface area (Å²) >= 11 is 0. The molecule has 0 amide bonds. The van der Waals surface area contributed by atoms with Crippen LogP contribution in [0.3, 0.4) is 0 Å². The molecule has 0 bridgehead atoms. The van der Waals surface area contributed by atoms with Crippen LogP contribution in [0.2, 0.25) is 0 Å². The summed E-state index contributed by atoms with van der Waals surface area (Å²) in [6.07, 6.45) is 2.75. The lowest BCUT2D eigenvalue weighted by atomic mass is 9.84. The molecule has 3 heteroatoms. The molecule has 1 aliphatic carbocycles. The number of ketones is 1. The maximum Gasteiger partial charge on any atom is 0.319 e. The van der Waals surface area contributed by atoms with E-state index >= 15 is 0 Å². The molecule has 1 atom stereocenters. The van der Waals surface area contributed by atoms with Gasteiger partial charge in [-0.05, 0) is 12.8 Å². The number of esters is 1. The molecule has 11 heavy (non-hydrogen) atoms. The molecule has 3 nitrogen and oxygen atoms in total. The fourth-order valence-electron chi connectivity index (χ4n) is 1.97. The van der Waals surface area contributed by atoms with Gasteiger partial charge in [0.25, 0.3) is 0 Å². The van der Waals surface area contributed by atoms with Crippen LogP contribution >= 0.6 is 0 Å². The first-order chi connectivity index (χ1) is 5.26. The molecule has 2 fully saturated rings. The fraction of sp³-hybridized carbons (Fsp3) is 0.750. The average Bonchev–Trinajstić information content (AvgIpc) is 2.48. The first-order valence-electron chi connectivity index (χ1n) is 3.96. The summed E-state index contributed by atoms with van der Waals surface area (Å²) < 4.78 is 4.80. The van der Waals surface area contributed by atoms with Crippen LogP contribution in [0, 0.1) is 5.41 Å². The SMILES string of the molecule is O=C1CCC[C@]12CCOC2=O. The second-order valence-electron chi connectivity index (χ2n) is 3.24. The Morgan fingerprint density at radius 2 is 2.09 bits per heavy atom. The molecule has 60 valence electrons. The van der Waals surface area contributed by atoms with E-state index in [1.54, 1.807) is 0 Å². The van der Waals surface area contributed by atoms with Crippen molar-refractivity contribution >= 4 is 11.8 Å². The van der Waals surface area contributed by atoms with Crippen LogP contribution in [0.15, 0.2) is 0 Å². The molecule has 0 N–H and O–H groups in total. The van der Waals surface area contributed by atoms with E-state index in [1.165, 1.54) is 0 Å². The first-order valence-corrected chi connectivity index (χ1v) is 3.96. The molecule has 1 spiro atoms. The second-order valence-corrected chi connectivity index (χ2v) is 3.24. The Labute approximate surface area is 64.7 Å². The molecule has 1 saturated heterocycles. The van der Waals surface area contributed by atoms with Crippen molar-refractivity contribution in [2.24, 2.45) is 5.41 Å². The third-order valence-electron chi connectivity index (χ3n) is 2.69. The Bertz CT molecular complexity index is 195. The number of carbonyl (C=O) groups is 2. The van der Waals surface area contributed by atoms with Crippen LogP contribution in [0.1, 0.15) is 25.7 Å². The van der Waals surface area contributed by atoms with Gasteiger partial charge in [-0.25, -0.2) is 0 Å². The van der Waals surface area contributed by atoms with Crippen molar-refractivity contribution in [1.82, 2.24) is 0 Å². The Morgan fingerprint density at radius 1 is 1.27 bits per heavy atom. The van der Waals surface area contributed by atoms with Crippen molar-refractivity contribution in [2.45, 2.75) is 25.7 Å². The summed E-state index contributed by atoms with van der Waals surface area (Å²) in [5.74, 6) is -0.181. The lowest BCUT2D eigenvalue weighted by molar-refractivity contribution is -0.149. The van der Waals surface area contributed by atoms with Crippen LogP contribution in [0.5, 0.6) is 0 Å². The minimum absolute atomic E-state index is 0.0972. The molecule has 1 aliphatic heterocycles. The van der Waals surface area contributed by atoms with Gasteiger partial charge in [0.2, 0.25) is 0 Å². The number of cyclic esters (lactones) is 1. The minimum atomic E-state index is -0.694. The maximum atomic E-state index is 11.3. The van der Waals surface area contributed by atoms with E-state index in [1.807, 2.05) is 0 Å². The minimum Gasteiger partial charge on any atom is -0.465 e. The highest BCUT2D eigenvalue weighted by atomic mass is 16.5. The Morgan fingerprint density at radius 3 is 2.55 bits per heavy atom. The Kier molecular flexibility index (Phi) is 1.28. The first kappa shape index (κ1) is 6.83. The van der Waals surface area contributed by atoms with Crippen molar-refractivity contribution in [1.29, 1.82) is 0 Å². The van der Waals surface area contributed by atoms with E-state index in [-0.39, 0.29) is 11.8 Å². The number of ether oxygens (including phenoxy) is 1. The van der Waals surface area contributed by atoms with Crippen molar-refractivity contribution in [3.8, 4) is 0 Å². The monoisotopic (exact) mass is 154 g/mol. The predicted molar refractivity (Wildman–Crippen MR) is 36.9 cm³/mol. The molecule has 2 rings (SSSR count). The average molecular weight is 154 g/mol. The molecule has 2 aliphatic rings. The Hall–Kier alpha value is -0.860.